The predicted octanol–water partition coefficient (Wildman–Crippen LogP) is 5.27. The van der Waals surface area contributed by atoms with E-state index >= 15 is 0 Å². The summed E-state index contributed by atoms with van der Waals surface area (Å²) in [6.45, 7) is 6.67. The number of nitrogens with zero attached hydrogens (tertiary/aromatic N) is 4. The summed E-state index contributed by atoms with van der Waals surface area (Å²) >= 11 is 0. The zero-order chi connectivity index (χ0) is 22.8. The van der Waals surface area contributed by atoms with Gasteiger partial charge in [0, 0.05) is 25.2 Å². The first-order valence-corrected chi connectivity index (χ1v) is 10.7. The number of pyridine rings is 1. The Bertz CT molecular complexity index is 1260. The lowest BCUT2D eigenvalue weighted by Crippen LogP contribution is -2.26. The molecule has 32 heavy (non-hydrogen) atoms. The number of carbonyl (C=O) groups is 1. The van der Waals surface area contributed by atoms with Crippen molar-refractivity contribution in [3.63, 3.8) is 0 Å². The van der Waals surface area contributed by atoms with Crippen molar-refractivity contribution in [2.75, 3.05) is 14.2 Å². The predicted molar refractivity (Wildman–Crippen MR) is 127 cm³/mol. The van der Waals surface area contributed by atoms with Crippen molar-refractivity contribution in [1.29, 1.82) is 0 Å². The van der Waals surface area contributed by atoms with Crippen LogP contribution in [0, 0.1) is 6.92 Å². The number of hydrogen-bond acceptors (Lipinski definition) is 4. The van der Waals surface area contributed by atoms with Crippen molar-refractivity contribution in [2.24, 2.45) is 0 Å². The number of carbonyl (C=O) groups excluding carboxylic acids is 1. The van der Waals surface area contributed by atoms with Crippen molar-refractivity contribution >= 4 is 16.9 Å². The average molecular weight is 429 g/mol. The van der Waals surface area contributed by atoms with Crippen LogP contribution in [0.4, 0.5) is 0 Å². The Hall–Kier alpha value is -3.67. The van der Waals surface area contributed by atoms with Gasteiger partial charge < -0.3 is 9.64 Å². The largest absolute Gasteiger partial charge is 0.497 e. The van der Waals surface area contributed by atoms with Crippen LogP contribution in [0.5, 0.6) is 5.75 Å². The monoisotopic (exact) mass is 428 g/mol. The second kappa shape index (κ2) is 8.83. The standard InChI is InChI=1S/C26H28N4O2/c1-17(2)30-25-23(15-27-30)22(14-24(28-25)21-9-7-6-8-18(21)3)26(31)29(4)16-19-10-12-20(32-5)13-11-19/h6-15,17H,16H2,1-5H3. The van der Waals surface area contributed by atoms with Gasteiger partial charge in [0.15, 0.2) is 5.65 Å². The molecule has 0 atom stereocenters. The van der Waals surface area contributed by atoms with E-state index in [1.165, 1.54) is 0 Å². The van der Waals surface area contributed by atoms with Crippen LogP contribution in [0.15, 0.2) is 60.8 Å². The van der Waals surface area contributed by atoms with Crippen LogP contribution in [0.2, 0.25) is 0 Å². The summed E-state index contributed by atoms with van der Waals surface area (Å²) in [7, 11) is 3.46. The van der Waals surface area contributed by atoms with Crippen LogP contribution in [-0.4, -0.2) is 39.7 Å². The highest BCUT2D eigenvalue weighted by atomic mass is 16.5. The van der Waals surface area contributed by atoms with E-state index in [-0.39, 0.29) is 11.9 Å². The fraction of sp³-hybridized carbons (Fsp3) is 0.269. The Kier molecular flexibility index (Phi) is 5.95. The number of hydrogen-bond donors (Lipinski definition) is 0. The smallest absolute Gasteiger partial charge is 0.254 e. The Morgan fingerprint density at radius 3 is 2.50 bits per heavy atom. The average Bonchev–Trinajstić information content (AvgIpc) is 3.23. The maximum atomic E-state index is 13.6. The van der Waals surface area contributed by atoms with E-state index in [0.29, 0.717) is 12.1 Å². The summed E-state index contributed by atoms with van der Waals surface area (Å²) in [5.74, 6) is 0.730. The molecule has 0 saturated heterocycles. The first-order valence-electron chi connectivity index (χ1n) is 10.7. The Balaban J connectivity index is 1.77. The number of ether oxygens (including phenoxy) is 1. The van der Waals surface area contributed by atoms with E-state index in [1.54, 1.807) is 18.2 Å². The molecule has 4 rings (SSSR count). The molecule has 0 unspecified atom stereocenters. The molecule has 0 spiro atoms. The summed E-state index contributed by atoms with van der Waals surface area (Å²) in [6.07, 6.45) is 1.75. The van der Waals surface area contributed by atoms with Crippen molar-refractivity contribution < 1.29 is 9.53 Å². The molecule has 0 aliphatic rings. The van der Waals surface area contributed by atoms with Crippen LogP contribution >= 0.6 is 0 Å². The SMILES string of the molecule is COc1ccc(CN(C)C(=O)c2cc(-c3ccccc3C)nc3c2cnn3C(C)C)cc1. The number of fused-ring (bicyclic) bond motifs is 1. The number of aromatic nitrogens is 3. The summed E-state index contributed by atoms with van der Waals surface area (Å²) < 4.78 is 7.10. The fourth-order valence-corrected chi connectivity index (χ4v) is 3.85. The second-order valence-electron chi connectivity index (χ2n) is 8.30. The zero-order valence-corrected chi connectivity index (χ0v) is 19.2. The van der Waals surface area contributed by atoms with Gasteiger partial charge in [0.2, 0.25) is 0 Å². The Morgan fingerprint density at radius 2 is 1.84 bits per heavy atom. The van der Waals surface area contributed by atoms with Crippen LogP contribution < -0.4 is 4.74 Å². The Labute approximate surface area is 188 Å². The maximum Gasteiger partial charge on any atom is 0.254 e. The molecule has 0 radical (unpaired) electrons. The lowest BCUT2D eigenvalue weighted by Gasteiger charge is -2.19. The van der Waals surface area contributed by atoms with Crippen molar-refractivity contribution in [3.05, 3.63) is 77.5 Å². The van der Waals surface area contributed by atoms with Gasteiger partial charge in [0.05, 0.1) is 30.0 Å². The summed E-state index contributed by atoms with van der Waals surface area (Å²) in [5, 5.41) is 5.29. The number of rotatable bonds is 6. The third-order valence-electron chi connectivity index (χ3n) is 5.63. The van der Waals surface area contributed by atoms with Crippen molar-refractivity contribution in [2.45, 2.75) is 33.4 Å². The molecule has 2 aromatic carbocycles. The molecule has 6 nitrogen and oxygen atoms in total. The van der Waals surface area contributed by atoms with E-state index in [1.807, 2.05) is 60.3 Å². The molecule has 0 N–H and O–H groups in total. The first kappa shape index (κ1) is 21.6. The summed E-state index contributed by atoms with van der Waals surface area (Å²) in [5.41, 5.74) is 5.26. The molecule has 0 aliphatic carbocycles. The maximum absolute atomic E-state index is 13.6. The van der Waals surface area contributed by atoms with Gasteiger partial charge in [0.1, 0.15) is 5.75 Å². The van der Waals surface area contributed by atoms with Gasteiger partial charge in [0.25, 0.3) is 5.91 Å². The lowest BCUT2D eigenvalue weighted by atomic mass is 10.0. The molecule has 2 aromatic heterocycles. The molecule has 0 fully saturated rings. The quantitative estimate of drug-likeness (QED) is 0.420. The summed E-state index contributed by atoms with van der Waals surface area (Å²) in [6, 6.07) is 17.9. The molecule has 1 amide bonds. The minimum absolute atomic E-state index is 0.0636. The number of aryl methyl sites for hydroxylation is 1. The van der Waals surface area contributed by atoms with Gasteiger partial charge >= 0.3 is 0 Å². The molecule has 6 heteroatoms. The second-order valence-corrected chi connectivity index (χ2v) is 8.30. The highest BCUT2D eigenvalue weighted by Crippen LogP contribution is 2.29. The van der Waals surface area contributed by atoms with Gasteiger partial charge in [-0.2, -0.15) is 5.10 Å². The van der Waals surface area contributed by atoms with E-state index in [4.69, 9.17) is 9.72 Å². The van der Waals surface area contributed by atoms with Gasteiger partial charge in [-0.05, 0) is 50.1 Å². The third kappa shape index (κ3) is 4.08. The fourth-order valence-electron chi connectivity index (χ4n) is 3.85. The number of amides is 1. The van der Waals surface area contributed by atoms with Crippen LogP contribution in [0.25, 0.3) is 22.3 Å². The molecule has 0 aliphatic heterocycles. The normalized spacial score (nSPS) is 11.2. The van der Waals surface area contributed by atoms with Gasteiger partial charge in [-0.25, -0.2) is 9.67 Å². The number of benzene rings is 2. The van der Waals surface area contributed by atoms with E-state index in [2.05, 4.69) is 31.9 Å². The van der Waals surface area contributed by atoms with E-state index in [9.17, 15) is 4.79 Å². The van der Waals surface area contributed by atoms with Gasteiger partial charge in [-0.15, -0.1) is 0 Å². The van der Waals surface area contributed by atoms with Crippen LogP contribution in [0.3, 0.4) is 0 Å². The van der Waals surface area contributed by atoms with Crippen molar-refractivity contribution in [1.82, 2.24) is 19.7 Å². The molecule has 4 aromatic rings. The molecule has 164 valence electrons. The highest BCUT2D eigenvalue weighted by Gasteiger charge is 2.21. The molecular formula is C26H28N4O2. The summed E-state index contributed by atoms with van der Waals surface area (Å²) in [4.78, 5) is 20.2. The molecule has 2 heterocycles. The third-order valence-corrected chi connectivity index (χ3v) is 5.63. The van der Waals surface area contributed by atoms with Gasteiger partial charge in [-0.1, -0.05) is 36.4 Å². The zero-order valence-electron chi connectivity index (χ0n) is 19.2. The molecule has 0 bridgehead atoms. The van der Waals surface area contributed by atoms with Crippen LogP contribution in [-0.2, 0) is 6.54 Å². The van der Waals surface area contributed by atoms with Gasteiger partial charge in [-0.3, -0.25) is 4.79 Å². The minimum atomic E-state index is -0.0636. The number of methoxy groups -OCH3 is 1. The van der Waals surface area contributed by atoms with Crippen molar-refractivity contribution in [3.8, 4) is 17.0 Å². The van der Waals surface area contributed by atoms with E-state index in [0.717, 1.165) is 39.2 Å². The minimum Gasteiger partial charge on any atom is -0.497 e. The highest BCUT2D eigenvalue weighted by molar-refractivity contribution is 6.06. The topological polar surface area (TPSA) is 60.2 Å². The van der Waals surface area contributed by atoms with Crippen LogP contribution in [0.1, 0.15) is 41.4 Å². The van der Waals surface area contributed by atoms with E-state index < -0.39 is 0 Å². The Morgan fingerprint density at radius 1 is 1.12 bits per heavy atom. The molecular weight excluding hydrogens is 400 g/mol. The molecule has 0 saturated carbocycles. The first-order chi connectivity index (χ1) is 15.4. The lowest BCUT2D eigenvalue weighted by molar-refractivity contribution is 0.0787.